The SMILES string of the molecule is Cl.Cn1ccnc1C1CNCCN1C(=O)Cc1ccc2c(c1)CCCC2. The van der Waals surface area contributed by atoms with Gasteiger partial charge in [-0.1, -0.05) is 18.2 Å². The van der Waals surface area contributed by atoms with E-state index >= 15 is 0 Å². The second-order valence-corrected chi connectivity index (χ2v) is 7.19. The van der Waals surface area contributed by atoms with Crippen molar-refractivity contribution in [3.05, 3.63) is 53.1 Å². The summed E-state index contributed by atoms with van der Waals surface area (Å²) in [5, 5.41) is 3.39. The van der Waals surface area contributed by atoms with Crippen LogP contribution in [0.3, 0.4) is 0 Å². The molecule has 6 heteroatoms. The first-order valence-corrected chi connectivity index (χ1v) is 9.30. The van der Waals surface area contributed by atoms with E-state index in [9.17, 15) is 4.79 Å². The maximum atomic E-state index is 13.0. The van der Waals surface area contributed by atoms with E-state index in [1.807, 2.05) is 22.7 Å². The Balaban J connectivity index is 0.00000196. The molecule has 1 aromatic carbocycles. The van der Waals surface area contributed by atoms with Crippen LogP contribution in [0.4, 0.5) is 0 Å². The van der Waals surface area contributed by atoms with Crippen molar-refractivity contribution in [1.82, 2.24) is 19.8 Å². The van der Waals surface area contributed by atoms with Gasteiger partial charge in [-0.05, 0) is 42.4 Å². The third-order valence-corrected chi connectivity index (χ3v) is 5.49. The van der Waals surface area contributed by atoms with Gasteiger partial charge in [0.2, 0.25) is 5.91 Å². The summed E-state index contributed by atoms with van der Waals surface area (Å²) in [5.74, 6) is 1.15. The molecule has 5 nitrogen and oxygen atoms in total. The van der Waals surface area contributed by atoms with Gasteiger partial charge in [0.25, 0.3) is 0 Å². The summed E-state index contributed by atoms with van der Waals surface area (Å²) in [5.41, 5.74) is 4.05. The number of aryl methyl sites for hydroxylation is 3. The molecule has 0 spiro atoms. The highest BCUT2D eigenvalue weighted by atomic mass is 35.5. The van der Waals surface area contributed by atoms with Crippen LogP contribution in [0.5, 0.6) is 0 Å². The number of aromatic nitrogens is 2. The lowest BCUT2D eigenvalue weighted by molar-refractivity contribution is -0.134. The molecule has 1 fully saturated rings. The molecule has 26 heavy (non-hydrogen) atoms. The number of carbonyl (C=O) groups excluding carboxylic acids is 1. The zero-order valence-corrected chi connectivity index (χ0v) is 16.1. The molecule has 4 rings (SSSR count). The van der Waals surface area contributed by atoms with E-state index in [4.69, 9.17) is 0 Å². The highest BCUT2D eigenvalue weighted by Crippen LogP contribution is 2.24. The molecule has 1 unspecified atom stereocenters. The predicted molar refractivity (Wildman–Crippen MR) is 105 cm³/mol. The van der Waals surface area contributed by atoms with Crippen LogP contribution >= 0.6 is 12.4 Å². The highest BCUT2D eigenvalue weighted by Gasteiger charge is 2.30. The molecule has 2 aliphatic rings. The zero-order chi connectivity index (χ0) is 17.2. The summed E-state index contributed by atoms with van der Waals surface area (Å²) in [6, 6.07) is 6.63. The average molecular weight is 375 g/mol. The van der Waals surface area contributed by atoms with E-state index in [-0.39, 0.29) is 24.4 Å². The van der Waals surface area contributed by atoms with Gasteiger partial charge in [-0.3, -0.25) is 4.79 Å². The van der Waals surface area contributed by atoms with Crippen LogP contribution in [0.15, 0.2) is 30.6 Å². The number of fused-ring (bicyclic) bond motifs is 1. The van der Waals surface area contributed by atoms with Crippen molar-refractivity contribution >= 4 is 18.3 Å². The normalized spacial score (nSPS) is 19.6. The molecule has 1 atom stereocenters. The summed E-state index contributed by atoms with van der Waals surface area (Å²) in [6.07, 6.45) is 9.12. The van der Waals surface area contributed by atoms with E-state index in [1.165, 1.54) is 30.4 Å². The first-order chi connectivity index (χ1) is 12.2. The van der Waals surface area contributed by atoms with Crippen LogP contribution in [0.25, 0.3) is 0 Å². The number of halogens is 1. The minimum absolute atomic E-state index is 0. The molecular weight excluding hydrogens is 348 g/mol. The van der Waals surface area contributed by atoms with Gasteiger partial charge < -0.3 is 14.8 Å². The molecule has 2 aromatic rings. The first-order valence-electron chi connectivity index (χ1n) is 9.30. The Morgan fingerprint density at radius 2 is 2.08 bits per heavy atom. The number of carbonyl (C=O) groups is 1. The lowest BCUT2D eigenvalue weighted by Gasteiger charge is -2.36. The Morgan fingerprint density at radius 1 is 1.27 bits per heavy atom. The average Bonchev–Trinajstić information content (AvgIpc) is 3.07. The Bertz CT molecular complexity index is 773. The standard InChI is InChI=1S/C20H26N4O.ClH/c1-23-10-9-22-20(23)18-14-21-8-11-24(18)19(25)13-15-6-7-16-4-2-3-5-17(16)12-15;/h6-7,9-10,12,18,21H,2-5,8,11,13-14H2,1H3;1H. The number of benzene rings is 1. The largest absolute Gasteiger partial charge is 0.336 e. The highest BCUT2D eigenvalue weighted by molar-refractivity contribution is 5.85. The van der Waals surface area contributed by atoms with Crippen LogP contribution in [-0.4, -0.2) is 40.0 Å². The first kappa shape index (κ1) is 18.9. The molecule has 2 heterocycles. The maximum Gasteiger partial charge on any atom is 0.227 e. The lowest BCUT2D eigenvalue weighted by Crippen LogP contribution is -2.49. The molecule has 1 aliphatic heterocycles. The van der Waals surface area contributed by atoms with Gasteiger partial charge in [-0.2, -0.15) is 0 Å². The minimum atomic E-state index is 0. The van der Waals surface area contributed by atoms with Gasteiger partial charge >= 0.3 is 0 Å². The summed E-state index contributed by atoms with van der Waals surface area (Å²) in [6.45, 7) is 2.35. The molecular formula is C20H27ClN4O. The molecule has 0 radical (unpaired) electrons. The number of nitrogens with one attached hydrogen (secondary N) is 1. The topological polar surface area (TPSA) is 50.2 Å². The van der Waals surface area contributed by atoms with Crippen molar-refractivity contribution in [2.45, 2.75) is 38.1 Å². The number of rotatable bonds is 3. The van der Waals surface area contributed by atoms with Crippen LogP contribution in [-0.2, 0) is 31.1 Å². The fraction of sp³-hybridized carbons (Fsp3) is 0.500. The maximum absolute atomic E-state index is 13.0. The molecule has 1 N–H and O–H groups in total. The Labute approximate surface area is 161 Å². The lowest BCUT2D eigenvalue weighted by atomic mass is 9.90. The summed E-state index contributed by atoms with van der Waals surface area (Å²) in [4.78, 5) is 19.5. The third-order valence-electron chi connectivity index (χ3n) is 5.49. The smallest absolute Gasteiger partial charge is 0.227 e. The van der Waals surface area contributed by atoms with Gasteiger partial charge in [0.05, 0.1) is 6.42 Å². The molecule has 140 valence electrons. The van der Waals surface area contributed by atoms with Gasteiger partial charge in [0.15, 0.2) is 0 Å². The molecule has 0 saturated carbocycles. The van der Waals surface area contributed by atoms with E-state index in [0.29, 0.717) is 6.42 Å². The summed E-state index contributed by atoms with van der Waals surface area (Å²) >= 11 is 0. The van der Waals surface area contributed by atoms with Crippen molar-refractivity contribution < 1.29 is 4.79 Å². The van der Waals surface area contributed by atoms with Gasteiger partial charge in [0.1, 0.15) is 11.9 Å². The molecule has 1 saturated heterocycles. The van der Waals surface area contributed by atoms with E-state index < -0.39 is 0 Å². The Hall–Kier alpha value is -1.85. The molecule has 1 amide bonds. The van der Waals surface area contributed by atoms with Gasteiger partial charge in [-0.15, -0.1) is 12.4 Å². The van der Waals surface area contributed by atoms with Crippen molar-refractivity contribution in [3.63, 3.8) is 0 Å². The number of amides is 1. The second-order valence-electron chi connectivity index (χ2n) is 7.19. The summed E-state index contributed by atoms with van der Waals surface area (Å²) < 4.78 is 2.01. The molecule has 1 aliphatic carbocycles. The predicted octanol–water partition coefficient (Wildman–Crippen LogP) is 2.44. The number of imidazole rings is 1. The van der Waals surface area contributed by atoms with Crippen LogP contribution in [0.2, 0.25) is 0 Å². The number of nitrogens with zero attached hydrogens (tertiary/aromatic N) is 3. The quantitative estimate of drug-likeness (QED) is 0.897. The van der Waals surface area contributed by atoms with Gasteiger partial charge in [-0.25, -0.2) is 4.98 Å². The van der Waals surface area contributed by atoms with Crippen molar-refractivity contribution in [2.24, 2.45) is 7.05 Å². The number of piperazine rings is 1. The fourth-order valence-electron chi connectivity index (χ4n) is 4.10. The Kier molecular flexibility index (Phi) is 5.99. The van der Waals surface area contributed by atoms with Crippen molar-refractivity contribution in [1.29, 1.82) is 0 Å². The van der Waals surface area contributed by atoms with E-state index in [2.05, 4.69) is 28.5 Å². The summed E-state index contributed by atoms with van der Waals surface area (Å²) in [7, 11) is 1.99. The second kappa shape index (κ2) is 8.23. The van der Waals surface area contributed by atoms with Crippen LogP contribution in [0.1, 0.15) is 41.4 Å². The molecule has 0 bridgehead atoms. The monoisotopic (exact) mass is 374 g/mol. The van der Waals surface area contributed by atoms with Crippen LogP contribution < -0.4 is 5.32 Å². The Morgan fingerprint density at radius 3 is 2.85 bits per heavy atom. The zero-order valence-electron chi connectivity index (χ0n) is 15.3. The van der Waals surface area contributed by atoms with Crippen molar-refractivity contribution in [3.8, 4) is 0 Å². The van der Waals surface area contributed by atoms with E-state index in [0.717, 1.165) is 37.4 Å². The third kappa shape index (κ3) is 3.79. The number of hydrogen-bond donors (Lipinski definition) is 1. The minimum Gasteiger partial charge on any atom is -0.336 e. The van der Waals surface area contributed by atoms with Crippen LogP contribution in [0, 0.1) is 0 Å². The number of hydrogen-bond acceptors (Lipinski definition) is 3. The molecule has 1 aromatic heterocycles. The van der Waals surface area contributed by atoms with Crippen molar-refractivity contribution in [2.75, 3.05) is 19.6 Å². The van der Waals surface area contributed by atoms with E-state index in [1.54, 1.807) is 6.20 Å². The fourth-order valence-corrected chi connectivity index (χ4v) is 4.10. The van der Waals surface area contributed by atoms with Gasteiger partial charge in [0, 0.05) is 39.1 Å².